The maximum absolute atomic E-state index is 12.2. The van der Waals surface area contributed by atoms with Crippen LogP contribution in [0.5, 0.6) is 0 Å². The van der Waals surface area contributed by atoms with Gasteiger partial charge in [0, 0.05) is 5.69 Å². The summed E-state index contributed by atoms with van der Waals surface area (Å²) in [6.45, 7) is 5.33. The summed E-state index contributed by atoms with van der Waals surface area (Å²) in [5.74, 6) is -1.75. The Kier molecular flexibility index (Phi) is 4.60. The van der Waals surface area contributed by atoms with Gasteiger partial charge in [0.2, 0.25) is 0 Å². The lowest BCUT2D eigenvalue weighted by atomic mass is 10.0. The number of benzene rings is 1. The number of para-hydroxylation sites is 1. The molecule has 0 spiro atoms. The minimum absolute atomic E-state index is 0.202. The molecule has 0 saturated heterocycles. The highest BCUT2D eigenvalue weighted by Crippen LogP contribution is 2.12. The van der Waals surface area contributed by atoms with Crippen LogP contribution in [0.1, 0.15) is 30.0 Å². The molecule has 0 unspecified atom stereocenters. The highest BCUT2D eigenvalue weighted by Gasteiger charge is 2.25. The van der Waals surface area contributed by atoms with E-state index in [1.807, 2.05) is 37.3 Å². The number of nitrogens with zero attached hydrogens (tertiary/aromatic N) is 2. The molecule has 0 aliphatic rings. The summed E-state index contributed by atoms with van der Waals surface area (Å²) in [5, 5.41) is 15.9. The molecule has 1 heterocycles. The number of carbonyl (C=O) groups excluding carboxylic acids is 1. The van der Waals surface area contributed by atoms with Crippen molar-refractivity contribution in [3.05, 3.63) is 47.8 Å². The monoisotopic (exact) mass is 301 g/mol. The van der Waals surface area contributed by atoms with Crippen molar-refractivity contribution in [2.75, 3.05) is 0 Å². The molecule has 0 bridgehead atoms. The molecular weight excluding hydrogens is 282 g/mol. The lowest BCUT2D eigenvalue weighted by molar-refractivity contribution is -0.140. The van der Waals surface area contributed by atoms with Crippen LogP contribution in [0.2, 0.25) is 0 Å². The molecule has 1 atom stereocenters. The second-order valence-electron chi connectivity index (χ2n) is 5.45. The van der Waals surface area contributed by atoms with E-state index in [2.05, 4.69) is 10.4 Å². The first-order valence-corrected chi connectivity index (χ1v) is 7.06. The summed E-state index contributed by atoms with van der Waals surface area (Å²) in [7, 11) is 0. The Morgan fingerprint density at radius 2 is 1.86 bits per heavy atom. The van der Waals surface area contributed by atoms with E-state index in [1.54, 1.807) is 24.6 Å². The Hall–Kier alpha value is -2.63. The van der Waals surface area contributed by atoms with E-state index in [0.29, 0.717) is 0 Å². The molecule has 2 rings (SSSR count). The highest BCUT2D eigenvalue weighted by atomic mass is 16.4. The molecule has 22 heavy (non-hydrogen) atoms. The van der Waals surface area contributed by atoms with Gasteiger partial charge in [-0.2, -0.15) is 5.10 Å². The maximum atomic E-state index is 12.2. The summed E-state index contributed by atoms with van der Waals surface area (Å²) in [6, 6.07) is 10.1. The Labute approximate surface area is 128 Å². The lowest BCUT2D eigenvalue weighted by Crippen LogP contribution is -2.44. The van der Waals surface area contributed by atoms with E-state index in [0.717, 1.165) is 11.4 Å². The number of aliphatic carboxylic acids is 1. The van der Waals surface area contributed by atoms with Gasteiger partial charge in [0.15, 0.2) is 5.69 Å². The van der Waals surface area contributed by atoms with Gasteiger partial charge < -0.3 is 10.4 Å². The van der Waals surface area contributed by atoms with Crippen molar-refractivity contribution in [2.45, 2.75) is 26.8 Å². The maximum Gasteiger partial charge on any atom is 0.326 e. The summed E-state index contributed by atoms with van der Waals surface area (Å²) >= 11 is 0. The molecule has 6 heteroatoms. The van der Waals surface area contributed by atoms with Gasteiger partial charge >= 0.3 is 5.97 Å². The van der Waals surface area contributed by atoms with Crippen LogP contribution in [0.4, 0.5) is 0 Å². The van der Waals surface area contributed by atoms with Crippen molar-refractivity contribution in [1.29, 1.82) is 0 Å². The summed E-state index contributed by atoms with van der Waals surface area (Å²) < 4.78 is 1.65. The van der Waals surface area contributed by atoms with Gasteiger partial charge in [-0.25, -0.2) is 9.48 Å². The topological polar surface area (TPSA) is 84.2 Å². The smallest absolute Gasteiger partial charge is 0.326 e. The molecule has 6 nitrogen and oxygen atoms in total. The minimum atomic E-state index is -1.05. The number of hydrogen-bond acceptors (Lipinski definition) is 3. The summed E-state index contributed by atoms with van der Waals surface area (Å²) in [5.41, 5.74) is 1.85. The van der Waals surface area contributed by atoms with E-state index in [1.165, 1.54) is 0 Å². The number of carbonyl (C=O) groups is 2. The number of nitrogens with one attached hydrogen (secondary N) is 1. The first kappa shape index (κ1) is 15.8. The summed E-state index contributed by atoms with van der Waals surface area (Å²) in [6.07, 6.45) is 0. The largest absolute Gasteiger partial charge is 0.480 e. The van der Waals surface area contributed by atoms with E-state index in [-0.39, 0.29) is 11.6 Å². The van der Waals surface area contributed by atoms with Crippen molar-refractivity contribution in [1.82, 2.24) is 15.1 Å². The van der Waals surface area contributed by atoms with Gasteiger partial charge in [-0.05, 0) is 31.0 Å². The molecule has 0 radical (unpaired) electrons. The van der Waals surface area contributed by atoms with Crippen molar-refractivity contribution < 1.29 is 14.7 Å². The fourth-order valence-electron chi connectivity index (χ4n) is 2.14. The molecule has 2 N–H and O–H groups in total. The number of rotatable bonds is 5. The zero-order valence-electron chi connectivity index (χ0n) is 12.8. The predicted octanol–water partition coefficient (Wildman–Crippen LogP) is 2.02. The van der Waals surface area contributed by atoms with Crippen LogP contribution in [-0.2, 0) is 4.79 Å². The average Bonchev–Trinajstić information content (AvgIpc) is 2.87. The van der Waals surface area contributed by atoms with E-state index < -0.39 is 17.9 Å². The predicted molar refractivity (Wildman–Crippen MR) is 82.0 cm³/mol. The van der Waals surface area contributed by atoms with Crippen LogP contribution in [0.15, 0.2) is 36.4 Å². The molecule has 1 aromatic heterocycles. The number of carboxylic acid groups (broad SMARTS) is 1. The number of aryl methyl sites for hydroxylation is 1. The zero-order chi connectivity index (χ0) is 16.3. The number of carboxylic acids is 1. The summed E-state index contributed by atoms with van der Waals surface area (Å²) in [4.78, 5) is 23.4. The van der Waals surface area contributed by atoms with E-state index >= 15 is 0 Å². The quantitative estimate of drug-likeness (QED) is 0.885. The lowest BCUT2D eigenvalue weighted by Gasteiger charge is -2.16. The van der Waals surface area contributed by atoms with E-state index in [4.69, 9.17) is 5.11 Å². The third-order valence-electron chi connectivity index (χ3n) is 3.34. The van der Waals surface area contributed by atoms with Crippen LogP contribution in [0.25, 0.3) is 5.69 Å². The molecule has 0 aliphatic carbocycles. The molecule has 1 aromatic carbocycles. The minimum Gasteiger partial charge on any atom is -0.480 e. The van der Waals surface area contributed by atoms with Crippen LogP contribution in [-0.4, -0.2) is 32.8 Å². The zero-order valence-corrected chi connectivity index (χ0v) is 12.8. The standard InChI is InChI=1S/C16H19N3O3/c1-10(2)14(16(21)22)17-15(20)13-9-11(3)19(18-13)12-7-5-4-6-8-12/h4-10,14H,1-3H3,(H,17,20)(H,21,22)/t14-/m1/s1. The fourth-order valence-corrected chi connectivity index (χ4v) is 2.14. The second kappa shape index (κ2) is 6.43. The van der Waals surface area contributed by atoms with Crippen LogP contribution < -0.4 is 5.32 Å². The van der Waals surface area contributed by atoms with Gasteiger partial charge in [0.25, 0.3) is 5.91 Å². The highest BCUT2D eigenvalue weighted by molar-refractivity contribution is 5.95. The van der Waals surface area contributed by atoms with E-state index in [9.17, 15) is 9.59 Å². The Morgan fingerprint density at radius 1 is 1.23 bits per heavy atom. The normalized spacial score (nSPS) is 12.2. The van der Waals surface area contributed by atoms with Gasteiger partial charge in [0.1, 0.15) is 6.04 Å². The SMILES string of the molecule is Cc1cc(C(=O)N[C@@H](C(=O)O)C(C)C)nn1-c1ccccc1. The molecule has 0 aliphatic heterocycles. The molecule has 0 saturated carbocycles. The van der Waals surface area contributed by atoms with Crippen LogP contribution in [0, 0.1) is 12.8 Å². The van der Waals surface area contributed by atoms with Crippen molar-refractivity contribution in [3.8, 4) is 5.69 Å². The molecule has 116 valence electrons. The third-order valence-corrected chi connectivity index (χ3v) is 3.34. The fraction of sp³-hybridized carbons (Fsp3) is 0.312. The van der Waals surface area contributed by atoms with Crippen molar-refractivity contribution >= 4 is 11.9 Å². The number of hydrogen-bond donors (Lipinski definition) is 2. The van der Waals surface area contributed by atoms with Gasteiger partial charge in [-0.3, -0.25) is 4.79 Å². The Bertz CT molecular complexity index is 677. The Morgan fingerprint density at radius 3 is 2.41 bits per heavy atom. The molecule has 1 amide bonds. The van der Waals surface area contributed by atoms with Crippen molar-refractivity contribution in [3.63, 3.8) is 0 Å². The first-order valence-electron chi connectivity index (χ1n) is 7.06. The number of aromatic nitrogens is 2. The number of amides is 1. The molecule has 2 aromatic rings. The first-order chi connectivity index (χ1) is 10.4. The van der Waals surface area contributed by atoms with Gasteiger partial charge in [-0.1, -0.05) is 32.0 Å². The van der Waals surface area contributed by atoms with Crippen LogP contribution >= 0.6 is 0 Å². The second-order valence-corrected chi connectivity index (χ2v) is 5.45. The van der Waals surface area contributed by atoms with Crippen LogP contribution in [0.3, 0.4) is 0 Å². The molecular formula is C16H19N3O3. The van der Waals surface area contributed by atoms with Gasteiger partial charge in [-0.15, -0.1) is 0 Å². The third kappa shape index (κ3) is 3.33. The molecule has 0 fully saturated rings. The van der Waals surface area contributed by atoms with Gasteiger partial charge in [0.05, 0.1) is 5.69 Å². The van der Waals surface area contributed by atoms with Crippen molar-refractivity contribution in [2.24, 2.45) is 5.92 Å². The average molecular weight is 301 g/mol. The Balaban J connectivity index is 2.23.